The Kier molecular flexibility index (Phi) is 6.13. The number of nitrogens with one attached hydrogen (secondary N) is 1. The molecule has 1 saturated heterocycles. The summed E-state index contributed by atoms with van der Waals surface area (Å²) in [5, 5.41) is 37.8. The SMILES string of the molecule is CN(C=O)c1cnn(-c2nc(NCc3ccccc3)c3ncn([C@@H]4O[C@H](CO)[C@@H](O)[C@H]4O)c3n2)c1. The van der Waals surface area contributed by atoms with E-state index in [1.54, 1.807) is 13.2 Å². The van der Waals surface area contributed by atoms with Gasteiger partial charge in [-0.25, -0.2) is 9.67 Å². The van der Waals surface area contributed by atoms with E-state index in [0.29, 0.717) is 35.6 Å². The molecule has 0 spiro atoms. The fourth-order valence-electron chi connectivity index (χ4n) is 3.87. The normalized spacial score (nSPS) is 21.9. The number of aromatic nitrogens is 6. The minimum Gasteiger partial charge on any atom is -0.394 e. The Labute approximate surface area is 199 Å². The summed E-state index contributed by atoms with van der Waals surface area (Å²) in [4.78, 5) is 26.1. The molecule has 0 unspecified atom stereocenters. The van der Waals surface area contributed by atoms with Gasteiger partial charge in [0.15, 0.2) is 23.2 Å². The maximum atomic E-state index is 11.1. The van der Waals surface area contributed by atoms with Crippen LogP contribution < -0.4 is 10.2 Å². The Morgan fingerprint density at radius 3 is 2.71 bits per heavy atom. The van der Waals surface area contributed by atoms with Crippen LogP contribution in [0.15, 0.2) is 49.1 Å². The minimum absolute atomic E-state index is 0.187. The van der Waals surface area contributed by atoms with Gasteiger partial charge in [-0.1, -0.05) is 30.3 Å². The number of benzene rings is 1. The molecule has 0 bridgehead atoms. The summed E-state index contributed by atoms with van der Waals surface area (Å²) >= 11 is 0. The molecule has 1 aliphatic heterocycles. The molecule has 3 aromatic heterocycles. The van der Waals surface area contributed by atoms with Crippen LogP contribution in [0.3, 0.4) is 0 Å². The van der Waals surface area contributed by atoms with Gasteiger partial charge < -0.3 is 30.3 Å². The second kappa shape index (κ2) is 9.38. The maximum absolute atomic E-state index is 11.1. The number of anilines is 2. The lowest BCUT2D eigenvalue weighted by Crippen LogP contribution is -2.33. The molecule has 13 nitrogen and oxygen atoms in total. The molecule has 1 fully saturated rings. The van der Waals surface area contributed by atoms with Gasteiger partial charge in [-0.05, 0) is 5.56 Å². The van der Waals surface area contributed by atoms with Crippen molar-refractivity contribution in [1.29, 1.82) is 0 Å². The number of nitrogens with zero attached hydrogens (tertiary/aromatic N) is 7. The van der Waals surface area contributed by atoms with Gasteiger partial charge in [0, 0.05) is 13.6 Å². The van der Waals surface area contributed by atoms with Crippen LogP contribution in [0, 0.1) is 0 Å². The summed E-state index contributed by atoms with van der Waals surface area (Å²) in [5.41, 5.74) is 2.30. The van der Waals surface area contributed by atoms with Crippen molar-refractivity contribution in [3.8, 4) is 5.95 Å². The number of rotatable bonds is 8. The lowest BCUT2D eigenvalue weighted by molar-refractivity contribution is -0.107. The predicted molar refractivity (Wildman–Crippen MR) is 124 cm³/mol. The Balaban J connectivity index is 1.58. The zero-order chi connectivity index (χ0) is 24.5. The van der Waals surface area contributed by atoms with E-state index in [1.807, 2.05) is 30.3 Å². The molecule has 0 aliphatic carbocycles. The van der Waals surface area contributed by atoms with Crippen molar-refractivity contribution in [3.05, 3.63) is 54.6 Å². The van der Waals surface area contributed by atoms with Crippen molar-refractivity contribution < 1.29 is 24.9 Å². The first-order valence-electron chi connectivity index (χ1n) is 10.9. The van der Waals surface area contributed by atoms with E-state index in [1.165, 1.54) is 26.7 Å². The number of fused-ring (bicyclic) bond motifs is 1. The van der Waals surface area contributed by atoms with E-state index in [9.17, 15) is 20.1 Å². The molecule has 182 valence electrons. The van der Waals surface area contributed by atoms with Crippen LogP contribution in [-0.2, 0) is 16.1 Å². The highest BCUT2D eigenvalue weighted by Gasteiger charge is 2.44. The molecule has 1 aliphatic rings. The number of aliphatic hydroxyl groups excluding tert-OH is 3. The zero-order valence-corrected chi connectivity index (χ0v) is 18.7. The largest absolute Gasteiger partial charge is 0.394 e. The molecule has 4 N–H and O–H groups in total. The monoisotopic (exact) mass is 480 g/mol. The first-order chi connectivity index (χ1) is 17.0. The molecule has 1 amide bonds. The number of carbonyl (C=O) groups is 1. The molecular formula is C22H24N8O5. The van der Waals surface area contributed by atoms with Crippen molar-refractivity contribution in [2.45, 2.75) is 31.1 Å². The summed E-state index contributed by atoms with van der Waals surface area (Å²) in [6, 6.07) is 9.74. The van der Waals surface area contributed by atoms with Crippen molar-refractivity contribution in [1.82, 2.24) is 29.3 Å². The Bertz CT molecular complexity index is 1330. The molecule has 4 aromatic rings. The Morgan fingerprint density at radius 1 is 1.20 bits per heavy atom. The highest BCUT2D eigenvalue weighted by molar-refractivity contribution is 5.84. The Hall–Kier alpha value is -3.91. The van der Waals surface area contributed by atoms with Crippen LogP contribution >= 0.6 is 0 Å². The number of hydrogen-bond donors (Lipinski definition) is 4. The van der Waals surface area contributed by atoms with Crippen LogP contribution in [0.25, 0.3) is 17.1 Å². The summed E-state index contributed by atoms with van der Waals surface area (Å²) in [6.07, 6.45) is 0.656. The van der Waals surface area contributed by atoms with Gasteiger partial charge in [0.1, 0.15) is 18.3 Å². The van der Waals surface area contributed by atoms with Gasteiger partial charge in [-0.3, -0.25) is 9.36 Å². The van der Waals surface area contributed by atoms with E-state index < -0.39 is 31.1 Å². The lowest BCUT2D eigenvalue weighted by atomic mass is 10.1. The average molecular weight is 480 g/mol. The van der Waals surface area contributed by atoms with Crippen LogP contribution in [-0.4, -0.2) is 83.0 Å². The molecule has 4 heterocycles. The van der Waals surface area contributed by atoms with E-state index in [0.717, 1.165) is 5.56 Å². The van der Waals surface area contributed by atoms with Crippen LogP contribution in [0.1, 0.15) is 11.8 Å². The van der Waals surface area contributed by atoms with Crippen molar-refractivity contribution in [2.75, 3.05) is 23.9 Å². The Morgan fingerprint density at radius 2 is 2.00 bits per heavy atom. The topological polar surface area (TPSA) is 164 Å². The summed E-state index contributed by atoms with van der Waals surface area (Å²) in [5.74, 6) is 0.604. The number of imidazole rings is 1. The fraction of sp³-hybridized carbons (Fsp3) is 0.318. The predicted octanol–water partition coefficient (Wildman–Crippen LogP) is -0.172. The van der Waals surface area contributed by atoms with E-state index in [4.69, 9.17) is 4.74 Å². The van der Waals surface area contributed by atoms with Gasteiger partial charge in [0.25, 0.3) is 5.95 Å². The van der Waals surface area contributed by atoms with E-state index in [2.05, 4.69) is 25.4 Å². The zero-order valence-electron chi connectivity index (χ0n) is 18.7. The lowest BCUT2D eigenvalue weighted by Gasteiger charge is -2.17. The third kappa shape index (κ3) is 4.21. The summed E-state index contributed by atoms with van der Waals surface area (Å²) in [7, 11) is 1.60. The first kappa shape index (κ1) is 22.9. The molecule has 5 rings (SSSR count). The number of hydrogen-bond acceptors (Lipinski definition) is 10. The minimum atomic E-state index is -1.30. The summed E-state index contributed by atoms with van der Waals surface area (Å²) in [6.45, 7) is 0.0110. The molecule has 35 heavy (non-hydrogen) atoms. The van der Waals surface area contributed by atoms with E-state index >= 15 is 0 Å². The van der Waals surface area contributed by atoms with Crippen LogP contribution in [0.4, 0.5) is 11.5 Å². The molecule has 0 radical (unpaired) electrons. The van der Waals surface area contributed by atoms with Crippen LogP contribution in [0.5, 0.6) is 0 Å². The summed E-state index contributed by atoms with van der Waals surface area (Å²) < 4.78 is 8.58. The number of amides is 1. The molecular weight excluding hydrogens is 456 g/mol. The number of ether oxygens (including phenoxy) is 1. The number of aliphatic hydroxyl groups is 3. The van der Waals surface area contributed by atoms with E-state index in [-0.39, 0.29) is 5.95 Å². The van der Waals surface area contributed by atoms with Crippen molar-refractivity contribution in [3.63, 3.8) is 0 Å². The molecule has 1 aromatic carbocycles. The van der Waals surface area contributed by atoms with Crippen LogP contribution in [0.2, 0.25) is 0 Å². The maximum Gasteiger partial charge on any atom is 0.254 e. The smallest absolute Gasteiger partial charge is 0.254 e. The van der Waals surface area contributed by atoms with Crippen molar-refractivity contribution in [2.24, 2.45) is 0 Å². The molecule has 0 saturated carbocycles. The van der Waals surface area contributed by atoms with Gasteiger partial charge in [-0.2, -0.15) is 15.1 Å². The quantitative estimate of drug-likeness (QED) is 0.249. The number of carbonyl (C=O) groups excluding carboxylic acids is 1. The first-order valence-corrected chi connectivity index (χ1v) is 10.9. The molecule has 13 heteroatoms. The highest BCUT2D eigenvalue weighted by atomic mass is 16.6. The molecule has 4 atom stereocenters. The standard InChI is InChI=1S/C22H24N8O5/c1-28(12-32)14-8-25-30(9-14)22-26-19(23-7-13-5-3-2-4-6-13)16-20(27-22)29(11-24-16)21-18(34)17(33)15(10-31)35-21/h2-6,8-9,11-12,15,17-18,21,31,33-34H,7,10H2,1H3,(H,23,26,27)/t15-,17-,18-,21-/m1/s1. The fourth-order valence-corrected chi connectivity index (χ4v) is 3.87. The highest BCUT2D eigenvalue weighted by Crippen LogP contribution is 2.32. The van der Waals surface area contributed by atoms with Gasteiger partial charge in [0.2, 0.25) is 6.41 Å². The second-order valence-electron chi connectivity index (χ2n) is 8.12. The van der Waals surface area contributed by atoms with Crippen molar-refractivity contribution >= 4 is 29.1 Å². The average Bonchev–Trinajstić information content (AvgIpc) is 3.61. The second-order valence-corrected chi connectivity index (χ2v) is 8.12. The van der Waals surface area contributed by atoms with Gasteiger partial charge in [-0.15, -0.1) is 0 Å². The van der Waals surface area contributed by atoms with Gasteiger partial charge >= 0.3 is 0 Å². The third-order valence-electron chi connectivity index (χ3n) is 5.84. The van der Waals surface area contributed by atoms with Gasteiger partial charge in [0.05, 0.1) is 31.0 Å². The third-order valence-corrected chi connectivity index (χ3v) is 5.84.